The molecule has 0 fully saturated rings. The number of hydrogen-bond acceptors (Lipinski definition) is 5. The Bertz CT molecular complexity index is 412. The minimum atomic E-state index is -1.09. The number of carbonyl (C=O) groups is 1. The van der Waals surface area contributed by atoms with Crippen molar-refractivity contribution in [1.82, 2.24) is 15.5 Å². The van der Waals surface area contributed by atoms with Gasteiger partial charge in [0.25, 0.3) is 5.91 Å². The van der Waals surface area contributed by atoms with E-state index in [0.717, 1.165) is 12.1 Å². The van der Waals surface area contributed by atoms with Gasteiger partial charge in [0.15, 0.2) is 5.69 Å². The third kappa shape index (κ3) is 2.99. The summed E-state index contributed by atoms with van der Waals surface area (Å²) in [4.78, 5) is 11.9. The van der Waals surface area contributed by atoms with E-state index < -0.39 is 11.4 Å². The van der Waals surface area contributed by atoms with E-state index in [1.165, 1.54) is 6.92 Å². The second kappa shape index (κ2) is 5.83. The van der Waals surface area contributed by atoms with Gasteiger partial charge in [0.05, 0.1) is 30.1 Å². The zero-order valence-electron chi connectivity index (χ0n) is 10.7. The van der Waals surface area contributed by atoms with E-state index in [0.29, 0.717) is 12.1 Å². The fraction of sp³-hybridized carbons (Fsp3) is 0.636. The van der Waals surface area contributed by atoms with Crippen molar-refractivity contribution in [2.75, 3.05) is 18.9 Å². The average molecular weight is 256 g/mol. The molecule has 0 bridgehead atoms. The van der Waals surface area contributed by atoms with Crippen molar-refractivity contribution in [3.05, 3.63) is 11.4 Å². The van der Waals surface area contributed by atoms with Crippen molar-refractivity contribution < 1.29 is 15.0 Å². The molecule has 0 aliphatic carbocycles. The predicted octanol–water partition coefficient (Wildman–Crippen LogP) is -0.582. The van der Waals surface area contributed by atoms with Crippen LogP contribution in [-0.2, 0) is 6.42 Å². The number of H-pyrrole nitrogens is 1. The number of amides is 1. The highest BCUT2D eigenvalue weighted by Crippen LogP contribution is 2.16. The van der Waals surface area contributed by atoms with Crippen LogP contribution in [0.25, 0.3) is 0 Å². The molecule has 6 N–H and O–H groups in total. The van der Waals surface area contributed by atoms with E-state index in [4.69, 9.17) is 15.9 Å². The number of anilines is 1. The molecule has 0 unspecified atom stereocenters. The van der Waals surface area contributed by atoms with Gasteiger partial charge in [-0.15, -0.1) is 0 Å². The Hall–Kier alpha value is -1.60. The molecule has 0 aliphatic heterocycles. The predicted molar refractivity (Wildman–Crippen MR) is 67.0 cm³/mol. The first-order valence-corrected chi connectivity index (χ1v) is 5.84. The number of nitrogen functional groups attached to an aromatic ring is 1. The molecule has 1 aromatic heterocycles. The second-order valence-electron chi connectivity index (χ2n) is 4.55. The number of nitrogens with zero attached hydrogens (tertiary/aromatic N) is 1. The fourth-order valence-corrected chi connectivity index (χ4v) is 1.46. The summed E-state index contributed by atoms with van der Waals surface area (Å²) in [6, 6.07) is 0. The molecule has 0 atom stereocenters. The van der Waals surface area contributed by atoms with Gasteiger partial charge in [0.1, 0.15) is 0 Å². The maximum atomic E-state index is 11.9. The van der Waals surface area contributed by atoms with Gasteiger partial charge < -0.3 is 21.3 Å². The highest BCUT2D eigenvalue weighted by Gasteiger charge is 2.27. The van der Waals surface area contributed by atoms with Crippen LogP contribution < -0.4 is 11.1 Å². The van der Waals surface area contributed by atoms with Crippen LogP contribution in [0.4, 0.5) is 5.69 Å². The molecule has 0 aromatic carbocycles. The molecule has 7 heteroatoms. The molecule has 0 saturated heterocycles. The van der Waals surface area contributed by atoms with Crippen LogP contribution in [-0.4, -0.2) is 45.1 Å². The summed E-state index contributed by atoms with van der Waals surface area (Å²) in [6.07, 6.45) is 1.60. The van der Waals surface area contributed by atoms with E-state index in [1.807, 2.05) is 6.92 Å². The highest BCUT2D eigenvalue weighted by atomic mass is 16.3. The van der Waals surface area contributed by atoms with E-state index in [9.17, 15) is 4.79 Å². The van der Waals surface area contributed by atoms with Crippen LogP contribution >= 0.6 is 0 Å². The van der Waals surface area contributed by atoms with Crippen LogP contribution in [0.1, 0.15) is 36.5 Å². The van der Waals surface area contributed by atoms with Gasteiger partial charge in [-0.05, 0) is 13.3 Å². The van der Waals surface area contributed by atoms with E-state index >= 15 is 0 Å². The van der Waals surface area contributed by atoms with Gasteiger partial charge in [0, 0.05) is 0 Å². The van der Waals surface area contributed by atoms with Crippen LogP contribution in [0.5, 0.6) is 0 Å². The number of rotatable bonds is 6. The monoisotopic (exact) mass is 256 g/mol. The van der Waals surface area contributed by atoms with Crippen molar-refractivity contribution in [3.8, 4) is 0 Å². The molecule has 1 aromatic rings. The van der Waals surface area contributed by atoms with Crippen molar-refractivity contribution in [2.24, 2.45) is 0 Å². The third-order valence-electron chi connectivity index (χ3n) is 2.71. The first kappa shape index (κ1) is 14.5. The van der Waals surface area contributed by atoms with Crippen molar-refractivity contribution in [1.29, 1.82) is 0 Å². The molecule has 0 radical (unpaired) electrons. The minimum Gasteiger partial charge on any atom is -0.395 e. The van der Waals surface area contributed by atoms with Gasteiger partial charge >= 0.3 is 0 Å². The van der Waals surface area contributed by atoms with Crippen LogP contribution in [0.15, 0.2) is 0 Å². The zero-order valence-corrected chi connectivity index (χ0v) is 10.7. The molecule has 1 heterocycles. The minimum absolute atomic E-state index is 0.0894. The molecule has 1 rings (SSSR count). The standard InChI is InChI=1S/C11H20N4O3/c1-3-4-7-8(12)9(15-14-7)10(18)13-11(2,5-16)6-17/h16-17H,3-6,12H2,1-2H3,(H,13,18)(H,14,15). The Balaban J connectivity index is 2.85. The molecular formula is C11H20N4O3. The number of hydrogen-bond donors (Lipinski definition) is 5. The topological polar surface area (TPSA) is 124 Å². The Kier molecular flexibility index (Phi) is 4.69. The maximum absolute atomic E-state index is 11.9. The Morgan fingerprint density at radius 1 is 1.50 bits per heavy atom. The Morgan fingerprint density at radius 3 is 2.61 bits per heavy atom. The molecular weight excluding hydrogens is 236 g/mol. The Morgan fingerprint density at radius 2 is 2.11 bits per heavy atom. The number of carbonyl (C=O) groups excluding carboxylic acids is 1. The number of nitrogens with two attached hydrogens (primary N) is 1. The number of aliphatic hydroxyl groups excluding tert-OH is 2. The van der Waals surface area contributed by atoms with Crippen molar-refractivity contribution >= 4 is 11.6 Å². The quantitative estimate of drug-likeness (QED) is 0.465. The molecule has 7 nitrogen and oxygen atoms in total. The van der Waals surface area contributed by atoms with E-state index in [1.54, 1.807) is 0 Å². The number of nitrogens with one attached hydrogen (secondary N) is 2. The largest absolute Gasteiger partial charge is 0.395 e. The molecule has 0 aliphatic rings. The zero-order chi connectivity index (χ0) is 13.8. The lowest BCUT2D eigenvalue weighted by atomic mass is 10.1. The van der Waals surface area contributed by atoms with Crippen molar-refractivity contribution in [3.63, 3.8) is 0 Å². The lowest BCUT2D eigenvalue weighted by Crippen LogP contribution is -2.51. The van der Waals surface area contributed by atoms with Crippen LogP contribution in [0.3, 0.4) is 0 Å². The maximum Gasteiger partial charge on any atom is 0.274 e. The average Bonchev–Trinajstić information content (AvgIpc) is 2.71. The van der Waals surface area contributed by atoms with Gasteiger partial charge in [0.2, 0.25) is 0 Å². The third-order valence-corrected chi connectivity index (χ3v) is 2.71. The van der Waals surface area contributed by atoms with E-state index in [-0.39, 0.29) is 18.9 Å². The first-order valence-electron chi connectivity index (χ1n) is 5.84. The molecule has 102 valence electrons. The summed E-state index contributed by atoms with van der Waals surface area (Å²) in [5.74, 6) is -0.517. The second-order valence-corrected chi connectivity index (χ2v) is 4.55. The molecule has 0 spiro atoms. The van der Waals surface area contributed by atoms with Crippen LogP contribution in [0, 0.1) is 0 Å². The molecule has 1 amide bonds. The number of aromatic amines is 1. The van der Waals surface area contributed by atoms with E-state index in [2.05, 4.69) is 15.5 Å². The van der Waals surface area contributed by atoms with Gasteiger partial charge in [-0.2, -0.15) is 5.10 Å². The van der Waals surface area contributed by atoms with Gasteiger partial charge in [-0.25, -0.2) is 0 Å². The smallest absolute Gasteiger partial charge is 0.274 e. The Labute approximate surface area is 105 Å². The number of aromatic nitrogens is 2. The summed E-state index contributed by atoms with van der Waals surface area (Å²) in [5, 5.41) is 27.3. The lowest BCUT2D eigenvalue weighted by Gasteiger charge is -2.25. The van der Waals surface area contributed by atoms with Crippen molar-refractivity contribution in [2.45, 2.75) is 32.2 Å². The SMILES string of the molecule is CCCc1[nH]nc(C(=O)NC(C)(CO)CO)c1N. The molecule has 18 heavy (non-hydrogen) atoms. The fourth-order valence-electron chi connectivity index (χ4n) is 1.46. The highest BCUT2D eigenvalue weighted by molar-refractivity contribution is 5.98. The number of aliphatic hydroxyl groups is 2. The first-order chi connectivity index (χ1) is 8.47. The molecule has 0 saturated carbocycles. The van der Waals surface area contributed by atoms with Crippen LogP contribution in [0.2, 0.25) is 0 Å². The normalized spacial score (nSPS) is 11.6. The van der Waals surface area contributed by atoms with Gasteiger partial charge in [-0.1, -0.05) is 13.3 Å². The summed E-state index contributed by atoms with van der Waals surface area (Å²) >= 11 is 0. The number of aryl methyl sites for hydroxylation is 1. The lowest BCUT2D eigenvalue weighted by molar-refractivity contribution is 0.0720. The summed E-state index contributed by atoms with van der Waals surface area (Å²) in [7, 11) is 0. The summed E-state index contributed by atoms with van der Waals surface area (Å²) in [6.45, 7) is 2.78. The summed E-state index contributed by atoms with van der Waals surface area (Å²) < 4.78 is 0. The van der Waals surface area contributed by atoms with Gasteiger partial charge in [-0.3, -0.25) is 9.89 Å². The summed E-state index contributed by atoms with van der Waals surface area (Å²) in [5.41, 5.74) is 5.84.